The van der Waals surface area contributed by atoms with E-state index in [1.807, 2.05) is 25.1 Å². The van der Waals surface area contributed by atoms with E-state index in [1.54, 1.807) is 14.1 Å². The predicted octanol–water partition coefficient (Wildman–Crippen LogP) is 2.70. The van der Waals surface area contributed by atoms with Gasteiger partial charge in [-0.25, -0.2) is 4.79 Å². The lowest BCUT2D eigenvalue weighted by Gasteiger charge is -2.10. The fraction of sp³-hybridized carbons (Fsp3) is 0.273. The van der Waals surface area contributed by atoms with Crippen molar-refractivity contribution in [1.82, 2.24) is 9.27 Å². The second-order valence-corrected chi connectivity index (χ2v) is 4.66. The molecular weight excluding hydrogens is 222 g/mol. The van der Waals surface area contributed by atoms with Crippen LogP contribution in [-0.4, -0.2) is 29.4 Å². The van der Waals surface area contributed by atoms with Crippen molar-refractivity contribution < 1.29 is 4.79 Å². The largest absolute Gasteiger partial charge is 0.331 e. The van der Waals surface area contributed by atoms with Crippen LogP contribution in [0.3, 0.4) is 0 Å². The average molecular weight is 235 g/mol. The summed E-state index contributed by atoms with van der Waals surface area (Å²) in [4.78, 5) is 13.0. The zero-order chi connectivity index (χ0) is 11.7. The maximum absolute atomic E-state index is 11.5. The highest BCUT2D eigenvalue weighted by Crippen LogP contribution is 2.27. The first-order valence-electron chi connectivity index (χ1n) is 4.92. The lowest BCUT2D eigenvalue weighted by molar-refractivity contribution is 0.230. The number of carbonyl (C=O) groups excluding carboxylic acids is 1. The van der Waals surface area contributed by atoms with Gasteiger partial charge in [0, 0.05) is 19.5 Å². The molecule has 2 rings (SSSR count). The fourth-order valence-corrected chi connectivity index (χ4v) is 2.07. The van der Waals surface area contributed by atoms with Crippen LogP contribution in [-0.2, 0) is 0 Å². The van der Waals surface area contributed by atoms with Gasteiger partial charge in [0.15, 0.2) is 5.82 Å². The summed E-state index contributed by atoms with van der Waals surface area (Å²) < 4.78 is 5.32. The van der Waals surface area contributed by atoms with Gasteiger partial charge in [-0.2, -0.15) is 4.37 Å². The summed E-state index contributed by atoms with van der Waals surface area (Å²) in [5.74, 6) is 0.641. The van der Waals surface area contributed by atoms with Crippen LogP contribution in [0.1, 0.15) is 5.56 Å². The molecule has 0 spiro atoms. The SMILES string of the molecule is Cc1ccc2snc(NC(=O)N(C)C)c2c1. The molecular formula is C11H13N3OS. The molecule has 84 valence electrons. The third kappa shape index (κ3) is 1.99. The topological polar surface area (TPSA) is 45.2 Å². The Morgan fingerprint density at radius 2 is 2.19 bits per heavy atom. The Morgan fingerprint density at radius 1 is 1.44 bits per heavy atom. The number of fused-ring (bicyclic) bond motifs is 1. The van der Waals surface area contributed by atoms with Gasteiger partial charge in [-0.15, -0.1) is 0 Å². The molecule has 16 heavy (non-hydrogen) atoms. The van der Waals surface area contributed by atoms with Crippen LogP contribution in [0.25, 0.3) is 10.1 Å². The van der Waals surface area contributed by atoms with Crippen LogP contribution >= 0.6 is 11.5 Å². The molecule has 1 N–H and O–H groups in total. The minimum Gasteiger partial charge on any atom is -0.331 e. The molecule has 0 radical (unpaired) electrons. The third-order valence-electron chi connectivity index (χ3n) is 2.26. The number of aryl methyl sites for hydroxylation is 1. The molecule has 2 amide bonds. The summed E-state index contributed by atoms with van der Waals surface area (Å²) in [5, 5.41) is 3.78. The molecule has 0 aliphatic carbocycles. The van der Waals surface area contributed by atoms with Crippen molar-refractivity contribution in [2.75, 3.05) is 19.4 Å². The van der Waals surface area contributed by atoms with Gasteiger partial charge in [0.2, 0.25) is 0 Å². The Bertz CT molecular complexity index is 533. The summed E-state index contributed by atoms with van der Waals surface area (Å²) in [5.41, 5.74) is 1.16. The Labute approximate surface area is 98.0 Å². The minimum absolute atomic E-state index is 0.159. The van der Waals surface area contributed by atoms with Crippen molar-refractivity contribution >= 4 is 33.5 Å². The number of aromatic nitrogens is 1. The molecule has 1 aromatic carbocycles. The van der Waals surface area contributed by atoms with Crippen molar-refractivity contribution in [3.63, 3.8) is 0 Å². The van der Waals surface area contributed by atoms with E-state index in [9.17, 15) is 4.79 Å². The van der Waals surface area contributed by atoms with E-state index >= 15 is 0 Å². The molecule has 0 unspecified atom stereocenters. The van der Waals surface area contributed by atoms with Crippen LogP contribution in [0.2, 0.25) is 0 Å². The van der Waals surface area contributed by atoms with Gasteiger partial charge in [-0.05, 0) is 30.6 Å². The molecule has 0 aliphatic rings. The number of rotatable bonds is 1. The average Bonchev–Trinajstić information content (AvgIpc) is 2.61. The maximum Gasteiger partial charge on any atom is 0.322 e. The van der Waals surface area contributed by atoms with Gasteiger partial charge < -0.3 is 4.90 Å². The number of benzene rings is 1. The molecule has 1 heterocycles. The van der Waals surface area contributed by atoms with Gasteiger partial charge >= 0.3 is 6.03 Å². The van der Waals surface area contributed by atoms with Gasteiger partial charge in [0.25, 0.3) is 0 Å². The van der Waals surface area contributed by atoms with E-state index in [0.717, 1.165) is 15.6 Å². The number of hydrogen-bond donors (Lipinski definition) is 1. The zero-order valence-electron chi connectivity index (χ0n) is 9.44. The number of amides is 2. The van der Waals surface area contributed by atoms with E-state index in [1.165, 1.54) is 16.4 Å². The highest BCUT2D eigenvalue weighted by atomic mass is 32.1. The zero-order valence-corrected chi connectivity index (χ0v) is 10.3. The summed E-state index contributed by atoms with van der Waals surface area (Å²) >= 11 is 1.39. The van der Waals surface area contributed by atoms with Gasteiger partial charge in [0.05, 0.1) is 4.70 Å². The molecule has 4 nitrogen and oxygen atoms in total. The molecule has 0 bridgehead atoms. The Kier molecular flexibility index (Phi) is 2.78. The molecule has 0 aliphatic heterocycles. The fourth-order valence-electron chi connectivity index (χ4n) is 1.36. The van der Waals surface area contributed by atoms with Crippen LogP contribution in [0.4, 0.5) is 10.6 Å². The second-order valence-electron chi connectivity index (χ2n) is 3.86. The molecule has 0 saturated carbocycles. The Hall–Kier alpha value is -1.62. The highest BCUT2D eigenvalue weighted by molar-refractivity contribution is 7.13. The third-order valence-corrected chi connectivity index (χ3v) is 3.08. The molecule has 5 heteroatoms. The van der Waals surface area contributed by atoms with Crippen LogP contribution in [0.15, 0.2) is 18.2 Å². The predicted molar refractivity (Wildman–Crippen MR) is 67.1 cm³/mol. The first kappa shape index (κ1) is 10.9. The molecule has 2 aromatic rings. The lowest BCUT2D eigenvalue weighted by Crippen LogP contribution is -2.27. The van der Waals surface area contributed by atoms with Gasteiger partial charge in [0.1, 0.15) is 0 Å². The van der Waals surface area contributed by atoms with E-state index in [2.05, 4.69) is 9.69 Å². The standard InChI is InChI=1S/C11H13N3OS/c1-7-4-5-9-8(6-7)10(13-16-9)12-11(15)14(2)3/h4-6H,1-3H3,(H,12,13,15). The van der Waals surface area contributed by atoms with Gasteiger partial charge in [-0.3, -0.25) is 5.32 Å². The number of urea groups is 1. The van der Waals surface area contributed by atoms with E-state index < -0.39 is 0 Å². The lowest BCUT2D eigenvalue weighted by atomic mass is 10.2. The molecule has 1 aromatic heterocycles. The van der Waals surface area contributed by atoms with E-state index in [4.69, 9.17) is 0 Å². The summed E-state index contributed by atoms with van der Waals surface area (Å²) in [6.45, 7) is 2.02. The summed E-state index contributed by atoms with van der Waals surface area (Å²) in [7, 11) is 3.41. The molecule has 0 fully saturated rings. The smallest absolute Gasteiger partial charge is 0.322 e. The summed E-state index contributed by atoms with van der Waals surface area (Å²) in [6, 6.07) is 5.93. The summed E-state index contributed by atoms with van der Waals surface area (Å²) in [6.07, 6.45) is 0. The number of hydrogen-bond acceptors (Lipinski definition) is 3. The van der Waals surface area contributed by atoms with E-state index in [0.29, 0.717) is 5.82 Å². The first-order valence-corrected chi connectivity index (χ1v) is 5.69. The van der Waals surface area contributed by atoms with Gasteiger partial charge in [-0.1, -0.05) is 11.6 Å². The van der Waals surface area contributed by atoms with Crippen LogP contribution in [0.5, 0.6) is 0 Å². The number of nitrogens with zero attached hydrogens (tertiary/aromatic N) is 2. The van der Waals surface area contributed by atoms with Crippen LogP contribution in [0, 0.1) is 6.92 Å². The van der Waals surface area contributed by atoms with Crippen molar-refractivity contribution in [1.29, 1.82) is 0 Å². The molecule has 0 atom stereocenters. The van der Waals surface area contributed by atoms with Crippen molar-refractivity contribution in [3.05, 3.63) is 23.8 Å². The molecule has 0 saturated heterocycles. The van der Waals surface area contributed by atoms with E-state index in [-0.39, 0.29) is 6.03 Å². The van der Waals surface area contributed by atoms with Crippen molar-refractivity contribution in [2.24, 2.45) is 0 Å². The maximum atomic E-state index is 11.5. The highest BCUT2D eigenvalue weighted by Gasteiger charge is 2.10. The number of anilines is 1. The normalized spacial score (nSPS) is 10.4. The van der Waals surface area contributed by atoms with Crippen molar-refractivity contribution in [3.8, 4) is 0 Å². The Morgan fingerprint density at radius 3 is 2.88 bits per heavy atom. The number of nitrogens with one attached hydrogen (secondary N) is 1. The first-order chi connectivity index (χ1) is 7.58. The quantitative estimate of drug-likeness (QED) is 0.826. The number of carbonyl (C=O) groups is 1. The second kappa shape index (κ2) is 4.09. The van der Waals surface area contributed by atoms with Crippen molar-refractivity contribution in [2.45, 2.75) is 6.92 Å². The Balaban J connectivity index is 2.38. The minimum atomic E-state index is -0.159. The van der Waals surface area contributed by atoms with Crippen LogP contribution < -0.4 is 5.32 Å². The monoisotopic (exact) mass is 235 g/mol.